The smallest absolute Gasteiger partial charge is 0.355 e. The van der Waals surface area contributed by atoms with Crippen molar-refractivity contribution in [3.05, 3.63) is 44.9 Å². The van der Waals surface area contributed by atoms with E-state index >= 15 is 0 Å². The Morgan fingerprint density at radius 3 is 2.89 bits per heavy atom. The third kappa shape index (κ3) is 2.80. The Balaban J connectivity index is 2.18. The summed E-state index contributed by atoms with van der Waals surface area (Å²) in [5.74, 6) is -0.393. The van der Waals surface area contributed by atoms with Crippen LogP contribution in [-0.2, 0) is 6.42 Å². The number of methoxy groups -OCH3 is 1. The van der Waals surface area contributed by atoms with Crippen LogP contribution in [0.5, 0.6) is 5.75 Å². The standard InChI is InChI=1S/C12H10ClNO3S/c1-17-10-3-2-7(4-8(10)13)5-11-14-9(6-18-11)12(15)16/h2-4,6H,5H2,1H3,(H,15,16). The Bertz CT molecular complexity index is 582. The predicted molar refractivity (Wildman–Crippen MR) is 69.9 cm³/mol. The van der Waals surface area contributed by atoms with Gasteiger partial charge in [0, 0.05) is 11.8 Å². The molecule has 1 N–H and O–H groups in total. The molecule has 2 aromatic rings. The van der Waals surface area contributed by atoms with Gasteiger partial charge in [-0.05, 0) is 17.7 Å². The molecular formula is C12H10ClNO3S. The van der Waals surface area contributed by atoms with Crippen LogP contribution in [0.3, 0.4) is 0 Å². The van der Waals surface area contributed by atoms with Gasteiger partial charge in [-0.1, -0.05) is 17.7 Å². The fourth-order valence-electron chi connectivity index (χ4n) is 1.48. The van der Waals surface area contributed by atoms with Crippen LogP contribution in [0.2, 0.25) is 5.02 Å². The third-order valence-corrected chi connectivity index (χ3v) is 3.49. The van der Waals surface area contributed by atoms with E-state index in [-0.39, 0.29) is 5.69 Å². The molecule has 94 valence electrons. The highest BCUT2D eigenvalue weighted by molar-refractivity contribution is 7.09. The molecule has 0 saturated carbocycles. The van der Waals surface area contributed by atoms with E-state index < -0.39 is 5.97 Å². The molecule has 2 rings (SSSR count). The number of hydrogen-bond acceptors (Lipinski definition) is 4. The van der Waals surface area contributed by atoms with Crippen molar-refractivity contribution in [3.63, 3.8) is 0 Å². The molecule has 18 heavy (non-hydrogen) atoms. The van der Waals surface area contributed by atoms with Crippen LogP contribution in [0.25, 0.3) is 0 Å². The van der Waals surface area contributed by atoms with Gasteiger partial charge in [0.15, 0.2) is 5.69 Å². The summed E-state index contributed by atoms with van der Waals surface area (Å²) in [5.41, 5.74) is 1.04. The molecular weight excluding hydrogens is 274 g/mol. The minimum absolute atomic E-state index is 0.0783. The van der Waals surface area contributed by atoms with Crippen LogP contribution >= 0.6 is 22.9 Å². The monoisotopic (exact) mass is 283 g/mol. The Kier molecular flexibility index (Phi) is 3.84. The van der Waals surface area contributed by atoms with Crippen molar-refractivity contribution in [2.75, 3.05) is 7.11 Å². The van der Waals surface area contributed by atoms with Crippen molar-refractivity contribution < 1.29 is 14.6 Å². The van der Waals surface area contributed by atoms with Crippen LogP contribution in [0, 0.1) is 0 Å². The van der Waals surface area contributed by atoms with Crippen molar-refractivity contribution in [1.29, 1.82) is 0 Å². The maximum atomic E-state index is 10.7. The molecule has 1 aromatic carbocycles. The molecule has 1 heterocycles. The topological polar surface area (TPSA) is 59.4 Å². The molecule has 4 nitrogen and oxygen atoms in total. The van der Waals surface area contributed by atoms with Crippen molar-refractivity contribution in [2.45, 2.75) is 6.42 Å². The molecule has 0 amide bonds. The minimum Gasteiger partial charge on any atom is -0.495 e. The molecule has 1 aromatic heterocycles. The van der Waals surface area contributed by atoms with Crippen LogP contribution in [0.4, 0.5) is 0 Å². The van der Waals surface area contributed by atoms with Gasteiger partial charge in [-0.3, -0.25) is 0 Å². The molecule has 0 aliphatic rings. The highest BCUT2D eigenvalue weighted by Crippen LogP contribution is 2.26. The van der Waals surface area contributed by atoms with E-state index in [1.165, 1.54) is 16.7 Å². The number of rotatable bonds is 4. The van der Waals surface area contributed by atoms with Crippen LogP contribution in [-0.4, -0.2) is 23.2 Å². The Hall–Kier alpha value is -1.59. The molecule has 0 aliphatic carbocycles. The van der Waals surface area contributed by atoms with Crippen molar-refractivity contribution >= 4 is 28.9 Å². The Labute approximate surface area is 113 Å². The largest absolute Gasteiger partial charge is 0.495 e. The van der Waals surface area contributed by atoms with E-state index in [1.54, 1.807) is 19.2 Å². The van der Waals surface area contributed by atoms with Crippen molar-refractivity contribution in [2.24, 2.45) is 0 Å². The van der Waals surface area contributed by atoms with Gasteiger partial charge in [0.2, 0.25) is 0 Å². The quantitative estimate of drug-likeness (QED) is 0.937. The maximum Gasteiger partial charge on any atom is 0.355 e. The number of nitrogens with zero attached hydrogens (tertiary/aromatic N) is 1. The lowest BCUT2D eigenvalue weighted by atomic mass is 10.1. The molecule has 0 unspecified atom stereocenters. The maximum absolute atomic E-state index is 10.7. The first kappa shape index (κ1) is 12.9. The number of hydrogen-bond donors (Lipinski definition) is 1. The lowest BCUT2D eigenvalue weighted by molar-refractivity contribution is 0.0691. The zero-order chi connectivity index (χ0) is 13.1. The molecule has 0 bridgehead atoms. The fourth-order valence-corrected chi connectivity index (χ4v) is 2.57. The SMILES string of the molecule is COc1ccc(Cc2nc(C(=O)O)cs2)cc1Cl. The number of aromatic carboxylic acids is 1. The Morgan fingerprint density at radius 2 is 2.33 bits per heavy atom. The number of halogens is 1. The second-order valence-corrected chi connectivity index (χ2v) is 4.93. The summed E-state index contributed by atoms with van der Waals surface area (Å²) < 4.78 is 5.06. The van der Waals surface area contributed by atoms with Gasteiger partial charge < -0.3 is 9.84 Å². The lowest BCUT2D eigenvalue weighted by Gasteiger charge is -2.04. The van der Waals surface area contributed by atoms with Gasteiger partial charge in [0.05, 0.1) is 17.1 Å². The second kappa shape index (κ2) is 5.37. The van der Waals surface area contributed by atoms with Crippen molar-refractivity contribution in [1.82, 2.24) is 4.98 Å². The van der Waals surface area contributed by atoms with Crippen LogP contribution in [0.1, 0.15) is 21.1 Å². The highest BCUT2D eigenvalue weighted by Gasteiger charge is 2.10. The average Bonchev–Trinajstić information content (AvgIpc) is 2.78. The number of benzene rings is 1. The molecule has 0 spiro atoms. The minimum atomic E-state index is -1.01. The van der Waals surface area contributed by atoms with Crippen LogP contribution < -0.4 is 4.74 Å². The van der Waals surface area contributed by atoms with Gasteiger partial charge in [-0.15, -0.1) is 11.3 Å². The summed E-state index contributed by atoms with van der Waals surface area (Å²) in [6.45, 7) is 0. The number of thiazole rings is 1. The first-order chi connectivity index (χ1) is 8.60. The second-order valence-electron chi connectivity index (χ2n) is 3.58. The summed E-state index contributed by atoms with van der Waals surface area (Å²) in [7, 11) is 1.56. The van der Waals surface area contributed by atoms with Gasteiger partial charge in [-0.2, -0.15) is 0 Å². The predicted octanol–water partition coefficient (Wildman–Crippen LogP) is 3.09. The molecule has 6 heteroatoms. The van der Waals surface area contributed by atoms with E-state index in [0.717, 1.165) is 10.6 Å². The zero-order valence-corrected chi connectivity index (χ0v) is 11.1. The van der Waals surface area contributed by atoms with Crippen LogP contribution in [0.15, 0.2) is 23.6 Å². The van der Waals surface area contributed by atoms with E-state index in [2.05, 4.69) is 4.98 Å². The summed E-state index contributed by atoms with van der Waals surface area (Å²) in [5, 5.41) is 11.6. The molecule has 0 atom stereocenters. The molecule has 0 saturated heterocycles. The number of carboxylic acid groups (broad SMARTS) is 1. The number of carboxylic acids is 1. The summed E-state index contributed by atoms with van der Waals surface area (Å²) >= 11 is 7.34. The normalized spacial score (nSPS) is 10.3. The number of aromatic nitrogens is 1. The highest BCUT2D eigenvalue weighted by atomic mass is 35.5. The van der Waals surface area contributed by atoms with E-state index in [0.29, 0.717) is 17.2 Å². The van der Waals surface area contributed by atoms with E-state index in [9.17, 15) is 4.79 Å². The number of carbonyl (C=O) groups is 1. The summed E-state index contributed by atoms with van der Waals surface area (Å²) in [6.07, 6.45) is 0.557. The third-order valence-electron chi connectivity index (χ3n) is 2.34. The Morgan fingerprint density at radius 1 is 1.56 bits per heavy atom. The van der Waals surface area contributed by atoms with E-state index in [1.807, 2.05) is 6.07 Å². The first-order valence-corrected chi connectivity index (χ1v) is 6.36. The first-order valence-electron chi connectivity index (χ1n) is 5.10. The zero-order valence-electron chi connectivity index (χ0n) is 9.51. The van der Waals surface area contributed by atoms with Gasteiger partial charge in [0.1, 0.15) is 5.75 Å². The van der Waals surface area contributed by atoms with Crippen molar-refractivity contribution in [3.8, 4) is 5.75 Å². The van der Waals surface area contributed by atoms with Gasteiger partial charge in [0.25, 0.3) is 0 Å². The number of ether oxygens (including phenoxy) is 1. The average molecular weight is 284 g/mol. The summed E-state index contributed by atoms with van der Waals surface area (Å²) in [6, 6.07) is 5.46. The fraction of sp³-hybridized carbons (Fsp3) is 0.167. The van der Waals surface area contributed by atoms with E-state index in [4.69, 9.17) is 21.4 Å². The molecule has 0 aliphatic heterocycles. The molecule has 0 fully saturated rings. The van der Waals surface area contributed by atoms with Gasteiger partial charge in [-0.25, -0.2) is 9.78 Å². The van der Waals surface area contributed by atoms with Gasteiger partial charge >= 0.3 is 5.97 Å². The molecule has 0 radical (unpaired) electrons. The summed E-state index contributed by atoms with van der Waals surface area (Å²) in [4.78, 5) is 14.7. The lowest BCUT2D eigenvalue weighted by Crippen LogP contribution is -1.97.